The van der Waals surface area contributed by atoms with Crippen LogP contribution in [0.4, 0.5) is 0 Å². The third-order valence-corrected chi connectivity index (χ3v) is 3.82. The minimum absolute atomic E-state index is 0.00341. The molecule has 3 aromatic rings. The van der Waals surface area contributed by atoms with Crippen molar-refractivity contribution in [1.29, 1.82) is 0 Å². The van der Waals surface area contributed by atoms with E-state index < -0.39 is 0 Å². The lowest BCUT2D eigenvalue weighted by Gasteiger charge is -2.19. The SMILES string of the molecule is Cc1ccccc1C(CNC(=O)c1ccco1)c1ccccn1. The monoisotopic (exact) mass is 306 g/mol. The highest BCUT2D eigenvalue weighted by Crippen LogP contribution is 2.25. The highest BCUT2D eigenvalue weighted by molar-refractivity contribution is 5.91. The van der Waals surface area contributed by atoms with Crippen LogP contribution in [0.1, 0.15) is 33.3 Å². The zero-order chi connectivity index (χ0) is 16.1. The molecule has 1 amide bonds. The number of pyridine rings is 1. The smallest absolute Gasteiger partial charge is 0.287 e. The molecular formula is C19H18N2O2. The maximum atomic E-state index is 12.1. The van der Waals surface area contributed by atoms with E-state index in [4.69, 9.17) is 4.42 Å². The van der Waals surface area contributed by atoms with E-state index in [1.165, 1.54) is 11.8 Å². The van der Waals surface area contributed by atoms with Crippen molar-refractivity contribution >= 4 is 5.91 Å². The van der Waals surface area contributed by atoms with Crippen LogP contribution in [0.5, 0.6) is 0 Å². The van der Waals surface area contributed by atoms with Crippen molar-refractivity contribution in [3.8, 4) is 0 Å². The standard InChI is InChI=1S/C19H18N2O2/c1-14-7-2-3-8-15(14)16(17-9-4-5-11-20-17)13-21-19(22)18-10-6-12-23-18/h2-12,16H,13H2,1H3,(H,21,22). The van der Waals surface area contributed by atoms with Gasteiger partial charge in [0.25, 0.3) is 5.91 Å². The lowest BCUT2D eigenvalue weighted by atomic mass is 9.91. The van der Waals surface area contributed by atoms with Crippen molar-refractivity contribution < 1.29 is 9.21 Å². The number of furan rings is 1. The Morgan fingerprint density at radius 1 is 1.13 bits per heavy atom. The van der Waals surface area contributed by atoms with Crippen molar-refractivity contribution in [3.63, 3.8) is 0 Å². The van der Waals surface area contributed by atoms with E-state index in [0.29, 0.717) is 12.3 Å². The van der Waals surface area contributed by atoms with Gasteiger partial charge in [-0.1, -0.05) is 30.3 Å². The Balaban J connectivity index is 1.84. The third-order valence-electron chi connectivity index (χ3n) is 3.82. The van der Waals surface area contributed by atoms with Gasteiger partial charge in [-0.05, 0) is 42.3 Å². The molecule has 0 aliphatic carbocycles. The molecule has 2 aromatic heterocycles. The Labute approximate surface area is 135 Å². The summed E-state index contributed by atoms with van der Waals surface area (Å²) in [5.74, 6) is 0.0929. The number of aromatic nitrogens is 1. The number of aryl methyl sites for hydroxylation is 1. The van der Waals surface area contributed by atoms with Crippen LogP contribution in [0.25, 0.3) is 0 Å². The average molecular weight is 306 g/mol. The number of nitrogens with zero attached hydrogens (tertiary/aromatic N) is 1. The molecular weight excluding hydrogens is 288 g/mol. The number of hydrogen-bond donors (Lipinski definition) is 1. The third kappa shape index (κ3) is 3.48. The molecule has 3 rings (SSSR count). The normalized spacial score (nSPS) is 11.9. The van der Waals surface area contributed by atoms with Crippen molar-refractivity contribution in [2.24, 2.45) is 0 Å². The Hall–Kier alpha value is -2.88. The molecule has 0 saturated heterocycles. The first kappa shape index (κ1) is 15.0. The fourth-order valence-electron chi connectivity index (χ4n) is 2.62. The lowest BCUT2D eigenvalue weighted by molar-refractivity contribution is 0.0924. The molecule has 2 heterocycles. The fraction of sp³-hybridized carbons (Fsp3) is 0.158. The first-order chi connectivity index (χ1) is 11.3. The summed E-state index contributed by atoms with van der Waals surface area (Å²) < 4.78 is 5.14. The van der Waals surface area contributed by atoms with Gasteiger partial charge in [0.1, 0.15) is 0 Å². The van der Waals surface area contributed by atoms with Crippen LogP contribution in [0.2, 0.25) is 0 Å². The summed E-state index contributed by atoms with van der Waals surface area (Å²) >= 11 is 0. The van der Waals surface area contributed by atoms with Crippen molar-refractivity contribution in [3.05, 3.63) is 89.6 Å². The van der Waals surface area contributed by atoms with E-state index in [2.05, 4.69) is 29.4 Å². The van der Waals surface area contributed by atoms with Gasteiger partial charge in [-0.15, -0.1) is 0 Å². The molecule has 0 bridgehead atoms. The van der Waals surface area contributed by atoms with E-state index in [9.17, 15) is 4.79 Å². The Morgan fingerprint density at radius 2 is 1.96 bits per heavy atom. The van der Waals surface area contributed by atoms with Crippen LogP contribution in [-0.2, 0) is 0 Å². The van der Waals surface area contributed by atoms with Gasteiger partial charge in [0.05, 0.1) is 6.26 Å². The van der Waals surface area contributed by atoms with E-state index in [1.54, 1.807) is 18.3 Å². The Bertz CT molecular complexity index is 767. The number of benzene rings is 1. The van der Waals surface area contributed by atoms with Gasteiger partial charge in [0, 0.05) is 24.4 Å². The molecule has 23 heavy (non-hydrogen) atoms. The van der Waals surface area contributed by atoms with Crippen LogP contribution < -0.4 is 5.32 Å². The van der Waals surface area contributed by atoms with Gasteiger partial charge in [-0.2, -0.15) is 0 Å². The van der Waals surface area contributed by atoms with E-state index in [0.717, 1.165) is 11.3 Å². The minimum Gasteiger partial charge on any atom is -0.459 e. The van der Waals surface area contributed by atoms with Crippen molar-refractivity contribution in [1.82, 2.24) is 10.3 Å². The highest BCUT2D eigenvalue weighted by atomic mass is 16.3. The van der Waals surface area contributed by atoms with E-state index >= 15 is 0 Å². The number of nitrogens with one attached hydrogen (secondary N) is 1. The quantitative estimate of drug-likeness (QED) is 0.784. The van der Waals surface area contributed by atoms with Gasteiger partial charge < -0.3 is 9.73 Å². The lowest BCUT2D eigenvalue weighted by Crippen LogP contribution is -2.29. The van der Waals surface area contributed by atoms with Crippen LogP contribution in [-0.4, -0.2) is 17.4 Å². The summed E-state index contributed by atoms with van der Waals surface area (Å²) in [5, 5.41) is 2.94. The van der Waals surface area contributed by atoms with Crippen LogP contribution >= 0.6 is 0 Å². The maximum absolute atomic E-state index is 12.1. The zero-order valence-electron chi connectivity index (χ0n) is 12.9. The number of amides is 1. The molecule has 0 saturated carbocycles. The second kappa shape index (κ2) is 6.92. The molecule has 0 aliphatic rings. The molecule has 0 radical (unpaired) electrons. The summed E-state index contributed by atoms with van der Waals surface area (Å²) in [6.07, 6.45) is 3.27. The Kier molecular flexibility index (Phi) is 4.52. The van der Waals surface area contributed by atoms with Crippen molar-refractivity contribution in [2.75, 3.05) is 6.54 Å². The molecule has 4 heteroatoms. The molecule has 1 N–H and O–H groups in total. The summed E-state index contributed by atoms with van der Waals surface area (Å²) in [6, 6.07) is 17.3. The van der Waals surface area contributed by atoms with Gasteiger partial charge in [-0.3, -0.25) is 9.78 Å². The van der Waals surface area contributed by atoms with Gasteiger partial charge in [-0.25, -0.2) is 0 Å². The maximum Gasteiger partial charge on any atom is 0.287 e. The molecule has 1 atom stereocenters. The second-order valence-electron chi connectivity index (χ2n) is 5.35. The first-order valence-electron chi connectivity index (χ1n) is 7.54. The number of rotatable bonds is 5. The molecule has 0 aliphatic heterocycles. The van der Waals surface area contributed by atoms with E-state index in [-0.39, 0.29) is 11.8 Å². The topological polar surface area (TPSA) is 55.1 Å². The summed E-state index contributed by atoms with van der Waals surface area (Å²) in [4.78, 5) is 16.6. The number of hydrogen-bond acceptors (Lipinski definition) is 3. The molecule has 1 unspecified atom stereocenters. The summed E-state index contributed by atoms with van der Waals surface area (Å²) in [5.41, 5.74) is 3.27. The van der Waals surface area contributed by atoms with Gasteiger partial charge in [0.15, 0.2) is 5.76 Å². The second-order valence-corrected chi connectivity index (χ2v) is 5.35. The summed E-state index contributed by atoms with van der Waals surface area (Å²) in [7, 11) is 0. The highest BCUT2D eigenvalue weighted by Gasteiger charge is 2.19. The molecule has 4 nitrogen and oxygen atoms in total. The minimum atomic E-state index is -0.218. The molecule has 0 fully saturated rings. The first-order valence-corrected chi connectivity index (χ1v) is 7.54. The summed E-state index contributed by atoms with van der Waals surface area (Å²) in [6.45, 7) is 2.53. The van der Waals surface area contributed by atoms with Crippen LogP contribution in [0.15, 0.2) is 71.5 Å². The van der Waals surface area contributed by atoms with Gasteiger partial charge in [0.2, 0.25) is 0 Å². The molecule has 116 valence electrons. The average Bonchev–Trinajstić information content (AvgIpc) is 3.12. The predicted octanol–water partition coefficient (Wildman–Crippen LogP) is 3.54. The molecule has 0 spiro atoms. The number of carbonyl (C=O) groups excluding carboxylic acids is 1. The number of carbonyl (C=O) groups is 1. The van der Waals surface area contributed by atoms with E-state index in [1.807, 2.05) is 30.3 Å². The van der Waals surface area contributed by atoms with Gasteiger partial charge >= 0.3 is 0 Å². The zero-order valence-corrected chi connectivity index (χ0v) is 12.9. The van der Waals surface area contributed by atoms with Crippen LogP contribution in [0, 0.1) is 6.92 Å². The Morgan fingerprint density at radius 3 is 2.65 bits per heavy atom. The largest absolute Gasteiger partial charge is 0.459 e. The van der Waals surface area contributed by atoms with Crippen molar-refractivity contribution in [2.45, 2.75) is 12.8 Å². The fourth-order valence-corrected chi connectivity index (χ4v) is 2.62. The predicted molar refractivity (Wildman–Crippen MR) is 88.3 cm³/mol. The molecule has 1 aromatic carbocycles. The van der Waals surface area contributed by atoms with Crippen LogP contribution in [0.3, 0.4) is 0 Å².